The van der Waals surface area contributed by atoms with Gasteiger partial charge in [-0.25, -0.2) is 13.1 Å². The Morgan fingerprint density at radius 2 is 2.32 bits per heavy atom. The summed E-state index contributed by atoms with van der Waals surface area (Å²) in [5.74, 6) is 5.17. The Bertz CT molecular complexity index is 595. The van der Waals surface area contributed by atoms with Gasteiger partial charge in [-0.3, -0.25) is 0 Å². The highest BCUT2D eigenvalue weighted by Crippen LogP contribution is 2.13. The van der Waals surface area contributed by atoms with E-state index in [1.54, 1.807) is 12.1 Å². The standard InChI is InChI=1S/C13H15NO4S/c15-7-2-4-11-3-1-5-13(9-11)19(16,17)14-12-6-8-18-10-12/h1,3,5,9,12,14-15H,6-8,10H2. The van der Waals surface area contributed by atoms with Gasteiger partial charge in [0.25, 0.3) is 0 Å². The summed E-state index contributed by atoms with van der Waals surface area (Å²) in [6, 6.07) is 6.15. The minimum absolute atomic E-state index is 0.169. The Balaban J connectivity index is 2.19. The molecule has 1 heterocycles. The van der Waals surface area contributed by atoms with Crippen LogP contribution in [0.1, 0.15) is 12.0 Å². The van der Waals surface area contributed by atoms with Crippen molar-refractivity contribution in [2.24, 2.45) is 0 Å². The van der Waals surface area contributed by atoms with Crippen LogP contribution in [-0.4, -0.2) is 39.4 Å². The molecule has 0 radical (unpaired) electrons. The van der Waals surface area contributed by atoms with E-state index in [-0.39, 0.29) is 17.5 Å². The van der Waals surface area contributed by atoms with Crippen LogP contribution in [0.4, 0.5) is 0 Å². The van der Waals surface area contributed by atoms with E-state index in [1.807, 2.05) is 0 Å². The van der Waals surface area contributed by atoms with Gasteiger partial charge in [-0.15, -0.1) is 0 Å². The molecule has 0 aromatic heterocycles. The van der Waals surface area contributed by atoms with E-state index in [4.69, 9.17) is 9.84 Å². The predicted molar refractivity (Wildman–Crippen MR) is 70.0 cm³/mol. The van der Waals surface area contributed by atoms with Crippen LogP contribution in [0.2, 0.25) is 0 Å². The van der Waals surface area contributed by atoms with Crippen LogP contribution in [0.15, 0.2) is 29.2 Å². The molecule has 1 aliphatic rings. The molecule has 1 unspecified atom stereocenters. The van der Waals surface area contributed by atoms with Crippen molar-refractivity contribution in [2.75, 3.05) is 19.8 Å². The number of benzene rings is 1. The Morgan fingerprint density at radius 3 is 3.00 bits per heavy atom. The highest BCUT2D eigenvalue weighted by atomic mass is 32.2. The van der Waals surface area contributed by atoms with Gasteiger partial charge in [0.05, 0.1) is 11.5 Å². The third-order valence-corrected chi connectivity index (χ3v) is 4.23. The van der Waals surface area contributed by atoms with Crippen molar-refractivity contribution < 1.29 is 18.3 Å². The number of sulfonamides is 1. The molecule has 2 rings (SSSR count). The van der Waals surface area contributed by atoms with Gasteiger partial charge >= 0.3 is 0 Å². The van der Waals surface area contributed by atoms with Crippen LogP contribution < -0.4 is 4.72 Å². The Morgan fingerprint density at radius 1 is 1.47 bits per heavy atom. The smallest absolute Gasteiger partial charge is 0.240 e. The zero-order valence-corrected chi connectivity index (χ0v) is 11.1. The molecular formula is C13H15NO4S. The van der Waals surface area contributed by atoms with Gasteiger partial charge in [0.1, 0.15) is 6.61 Å². The number of aliphatic hydroxyl groups excluding tert-OH is 1. The molecule has 0 amide bonds. The van der Waals surface area contributed by atoms with Crippen molar-refractivity contribution in [2.45, 2.75) is 17.4 Å². The lowest BCUT2D eigenvalue weighted by molar-refractivity contribution is 0.192. The third kappa shape index (κ3) is 3.78. The summed E-state index contributed by atoms with van der Waals surface area (Å²) < 4.78 is 32.0. The molecule has 102 valence electrons. The minimum atomic E-state index is -3.55. The summed E-state index contributed by atoms with van der Waals surface area (Å²) in [5, 5.41) is 8.63. The van der Waals surface area contributed by atoms with Crippen LogP contribution in [0.3, 0.4) is 0 Å². The SMILES string of the molecule is O=S(=O)(NC1CCOC1)c1cccc(C#CCO)c1. The molecule has 1 atom stereocenters. The van der Waals surface area contributed by atoms with Gasteiger partial charge in [-0.05, 0) is 24.6 Å². The minimum Gasteiger partial charge on any atom is -0.384 e. The third-order valence-electron chi connectivity index (χ3n) is 2.71. The summed E-state index contributed by atoms with van der Waals surface area (Å²) in [6.45, 7) is 0.729. The molecule has 0 bridgehead atoms. The van der Waals surface area contributed by atoms with Gasteiger partial charge < -0.3 is 9.84 Å². The maximum atomic E-state index is 12.1. The molecule has 1 aromatic rings. The molecule has 0 saturated carbocycles. The first kappa shape index (κ1) is 14.0. The summed E-state index contributed by atoms with van der Waals surface area (Å²) >= 11 is 0. The van der Waals surface area contributed by atoms with Crippen molar-refractivity contribution >= 4 is 10.0 Å². The van der Waals surface area contributed by atoms with Crippen LogP contribution in [-0.2, 0) is 14.8 Å². The van der Waals surface area contributed by atoms with Crippen molar-refractivity contribution in [1.29, 1.82) is 0 Å². The molecule has 6 heteroatoms. The Hall–Kier alpha value is -1.39. The first-order chi connectivity index (χ1) is 9.12. The largest absolute Gasteiger partial charge is 0.384 e. The molecule has 2 N–H and O–H groups in total. The molecular weight excluding hydrogens is 266 g/mol. The summed E-state index contributed by atoms with van der Waals surface area (Å²) in [7, 11) is -3.55. The van der Waals surface area contributed by atoms with E-state index in [0.29, 0.717) is 25.2 Å². The maximum Gasteiger partial charge on any atom is 0.240 e. The molecule has 1 aliphatic heterocycles. The Kier molecular flexibility index (Phi) is 4.56. The fourth-order valence-corrected chi connectivity index (χ4v) is 3.10. The fraction of sp³-hybridized carbons (Fsp3) is 0.385. The van der Waals surface area contributed by atoms with E-state index < -0.39 is 10.0 Å². The van der Waals surface area contributed by atoms with E-state index in [9.17, 15) is 8.42 Å². The lowest BCUT2D eigenvalue weighted by Crippen LogP contribution is -2.35. The van der Waals surface area contributed by atoms with Gasteiger partial charge in [-0.2, -0.15) is 0 Å². The average Bonchev–Trinajstić information content (AvgIpc) is 2.89. The quantitative estimate of drug-likeness (QED) is 0.770. The van der Waals surface area contributed by atoms with Crippen molar-refractivity contribution in [3.8, 4) is 11.8 Å². The number of ether oxygens (including phenoxy) is 1. The summed E-state index contributed by atoms with van der Waals surface area (Å²) in [6.07, 6.45) is 0.684. The monoisotopic (exact) mass is 281 g/mol. The molecule has 0 spiro atoms. The zero-order chi connectivity index (χ0) is 13.7. The predicted octanol–water partition coefficient (Wildman–Crippen LogP) is 0.0976. The molecule has 19 heavy (non-hydrogen) atoms. The molecule has 1 fully saturated rings. The van der Waals surface area contributed by atoms with E-state index in [0.717, 1.165) is 0 Å². The van der Waals surface area contributed by atoms with E-state index in [2.05, 4.69) is 16.6 Å². The second-order valence-corrected chi connectivity index (χ2v) is 5.88. The van der Waals surface area contributed by atoms with E-state index in [1.165, 1.54) is 12.1 Å². The van der Waals surface area contributed by atoms with Crippen LogP contribution >= 0.6 is 0 Å². The van der Waals surface area contributed by atoms with Gasteiger partial charge in [0.15, 0.2) is 0 Å². The second-order valence-electron chi connectivity index (χ2n) is 4.17. The van der Waals surface area contributed by atoms with Gasteiger partial charge in [-0.1, -0.05) is 17.9 Å². The lowest BCUT2D eigenvalue weighted by atomic mass is 10.2. The highest BCUT2D eigenvalue weighted by Gasteiger charge is 2.23. The summed E-state index contributed by atoms with van der Waals surface area (Å²) in [4.78, 5) is 0.170. The molecule has 5 nitrogen and oxygen atoms in total. The van der Waals surface area contributed by atoms with Gasteiger partial charge in [0, 0.05) is 18.2 Å². The number of hydrogen-bond donors (Lipinski definition) is 2. The highest BCUT2D eigenvalue weighted by molar-refractivity contribution is 7.89. The average molecular weight is 281 g/mol. The number of nitrogens with one attached hydrogen (secondary N) is 1. The maximum absolute atomic E-state index is 12.1. The topological polar surface area (TPSA) is 75.6 Å². The number of hydrogen-bond acceptors (Lipinski definition) is 4. The lowest BCUT2D eigenvalue weighted by Gasteiger charge is -2.11. The second kappa shape index (κ2) is 6.17. The van der Waals surface area contributed by atoms with Crippen molar-refractivity contribution in [1.82, 2.24) is 4.72 Å². The molecule has 1 saturated heterocycles. The zero-order valence-electron chi connectivity index (χ0n) is 10.3. The normalized spacial score (nSPS) is 18.9. The first-order valence-electron chi connectivity index (χ1n) is 5.92. The summed E-state index contributed by atoms with van der Waals surface area (Å²) in [5.41, 5.74) is 0.555. The van der Waals surface area contributed by atoms with E-state index >= 15 is 0 Å². The van der Waals surface area contributed by atoms with Crippen LogP contribution in [0.25, 0.3) is 0 Å². The molecule has 0 aliphatic carbocycles. The van der Waals surface area contributed by atoms with Crippen LogP contribution in [0.5, 0.6) is 0 Å². The first-order valence-corrected chi connectivity index (χ1v) is 7.40. The number of rotatable bonds is 3. The number of aliphatic hydroxyl groups is 1. The Labute approximate surface area is 112 Å². The van der Waals surface area contributed by atoms with Crippen molar-refractivity contribution in [3.63, 3.8) is 0 Å². The van der Waals surface area contributed by atoms with Gasteiger partial charge in [0.2, 0.25) is 10.0 Å². The fourth-order valence-electron chi connectivity index (χ4n) is 1.80. The van der Waals surface area contributed by atoms with Crippen molar-refractivity contribution in [3.05, 3.63) is 29.8 Å². The van der Waals surface area contributed by atoms with Crippen LogP contribution in [0, 0.1) is 11.8 Å². The molecule has 1 aromatic carbocycles.